The molecule has 2 nitrogen and oxygen atoms in total. The summed E-state index contributed by atoms with van der Waals surface area (Å²) < 4.78 is 77.6. The molecule has 20 heavy (non-hydrogen) atoms. The molecule has 8 heteroatoms. The van der Waals surface area contributed by atoms with Crippen LogP contribution in [-0.4, -0.2) is 22.0 Å². The fourth-order valence-electron chi connectivity index (χ4n) is 2.09. The van der Waals surface area contributed by atoms with Crippen LogP contribution in [0.3, 0.4) is 0 Å². The Hall–Kier alpha value is -1.70. The number of para-hydroxylation sites is 1. The molecule has 0 saturated heterocycles. The summed E-state index contributed by atoms with van der Waals surface area (Å²) >= 11 is 0. The molecular formula is C12H9F6NO. The van der Waals surface area contributed by atoms with Crippen LogP contribution in [0.4, 0.5) is 26.3 Å². The predicted octanol–water partition coefficient (Wildman–Crippen LogP) is 3.49. The van der Waals surface area contributed by atoms with E-state index in [4.69, 9.17) is 0 Å². The Kier molecular flexibility index (Phi) is 3.05. The Labute approximate surface area is 109 Å². The second-order valence-corrected chi connectivity index (χ2v) is 4.35. The van der Waals surface area contributed by atoms with Gasteiger partial charge in [-0.3, -0.25) is 0 Å². The van der Waals surface area contributed by atoms with Crippen LogP contribution >= 0.6 is 0 Å². The highest BCUT2D eigenvalue weighted by Gasteiger charge is 2.72. The summed E-state index contributed by atoms with van der Waals surface area (Å²) in [4.78, 5) is 0. The van der Waals surface area contributed by atoms with E-state index in [9.17, 15) is 31.4 Å². The van der Waals surface area contributed by atoms with Crippen LogP contribution in [0.15, 0.2) is 30.3 Å². The summed E-state index contributed by atoms with van der Waals surface area (Å²) in [5.74, 6) is 0. The average Bonchev–Trinajstić information content (AvgIpc) is 2.64. The van der Waals surface area contributed by atoms with E-state index in [1.54, 1.807) is 0 Å². The first-order valence-electron chi connectivity index (χ1n) is 5.41. The van der Waals surface area contributed by atoms with Crippen molar-refractivity contribution in [2.75, 3.05) is 0 Å². The van der Waals surface area contributed by atoms with Crippen molar-refractivity contribution in [3.8, 4) is 0 Å². The SMILES string of the molecule is Cn1c(C(O)(C(F)(F)F)C(F)(F)F)cc2ccccc21. The lowest BCUT2D eigenvalue weighted by Gasteiger charge is -2.32. The normalized spacial score (nSPS) is 14.0. The van der Waals surface area contributed by atoms with Crippen molar-refractivity contribution in [2.24, 2.45) is 7.05 Å². The maximum absolute atomic E-state index is 12.8. The number of aryl methyl sites for hydroxylation is 1. The lowest BCUT2D eigenvalue weighted by molar-refractivity contribution is -0.378. The molecule has 2 aromatic rings. The average molecular weight is 297 g/mol. The van der Waals surface area contributed by atoms with E-state index in [0.717, 1.165) is 7.05 Å². The molecule has 0 bridgehead atoms. The second kappa shape index (κ2) is 4.15. The summed E-state index contributed by atoms with van der Waals surface area (Å²) in [6.45, 7) is 0. The molecular weight excluding hydrogens is 288 g/mol. The largest absolute Gasteiger partial charge is 0.432 e. The Morgan fingerprint density at radius 1 is 0.950 bits per heavy atom. The van der Waals surface area contributed by atoms with Crippen LogP contribution in [-0.2, 0) is 12.6 Å². The van der Waals surface area contributed by atoms with Crippen LogP contribution in [0.5, 0.6) is 0 Å². The van der Waals surface area contributed by atoms with Gasteiger partial charge in [-0.15, -0.1) is 0 Å². The molecule has 0 unspecified atom stereocenters. The number of benzene rings is 1. The molecule has 0 aliphatic rings. The highest BCUT2D eigenvalue weighted by Crippen LogP contribution is 2.50. The van der Waals surface area contributed by atoms with E-state index in [1.165, 1.54) is 24.3 Å². The van der Waals surface area contributed by atoms with Crippen molar-refractivity contribution < 1.29 is 31.4 Å². The summed E-state index contributed by atoms with van der Waals surface area (Å²) in [5.41, 5.74) is -6.01. The molecule has 0 atom stereocenters. The van der Waals surface area contributed by atoms with E-state index in [2.05, 4.69) is 0 Å². The molecule has 0 aliphatic carbocycles. The standard InChI is InChI=1S/C12H9F6NO/c1-19-8-5-3-2-4-7(8)6-9(19)10(20,11(13,14)15)12(16,17)18/h2-6,20H,1H3. The molecule has 0 amide bonds. The van der Waals surface area contributed by atoms with E-state index in [1.807, 2.05) is 0 Å². The zero-order valence-electron chi connectivity index (χ0n) is 10.0. The number of nitrogens with zero attached hydrogens (tertiary/aromatic N) is 1. The third-order valence-electron chi connectivity index (χ3n) is 3.14. The van der Waals surface area contributed by atoms with Crippen molar-refractivity contribution in [1.29, 1.82) is 0 Å². The Bertz CT molecular complexity index is 625. The van der Waals surface area contributed by atoms with E-state index in [0.29, 0.717) is 10.6 Å². The summed E-state index contributed by atoms with van der Waals surface area (Å²) in [6.07, 6.45) is -11.8. The van der Waals surface area contributed by atoms with Gasteiger partial charge in [-0.05, 0) is 17.5 Å². The first-order valence-corrected chi connectivity index (χ1v) is 5.41. The number of fused-ring (bicyclic) bond motifs is 1. The number of rotatable bonds is 1. The summed E-state index contributed by atoms with van der Waals surface area (Å²) in [6, 6.07) is 6.38. The number of hydrogen-bond donors (Lipinski definition) is 1. The number of halogens is 6. The van der Waals surface area contributed by atoms with Gasteiger partial charge in [0.2, 0.25) is 0 Å². The van der Waals surface area contributed by atoms with Gasteiger partial charge in [-0.1, -0.05) is 18.2 Å². The first kappa shape index (κ1) is 14.7. The fourth-order valence-corrected chi connectivity index (χ4v) is 2.09. The molecule has 1 aromatic carbocycles. The van der Waals surface area contributed by atoms with Crippen molar-refractivity contribution in [1.82, 2.24) is 4.57 Å². The predicted molar refractivity (Wildman–Crippen MR) is 58.9 cm³/mol. The Morgan fingerprint density at radius 2 is 1.45 bits per heavy atom. The van der Waals surface area contributed by atoms with Gasteiger partial charge in [0.15, 0.2) is 0 Å². The third kappa shape index (κ3) is 1.86. The first-order chi connectivity index (χ1) is 9.00. The van der Waals surface area contributed by atoms with Gasteiger partial charge in [0.25, 0.3) is 5.60 Å². The smallest absolute Gasteiger partial charge is 0.368 e. The minimum atomic E-state index is -5.88. The fraction of sp³-hybridized carbons (Fsp3) is 0.333. The molecule has 1 heterocycles. The molecule has 110 valence electrons. The van der Waals surface area contributed by atoms with Crippen molar-refractivity contribution in [3.63, 3.8) is 0 Å². The molecule has 2 rings (SSSR count). The maximum Gasteiger partial charge on any atom is 0.432 e. The van der Waals surface area contributed by atoms with E-state index >= 15 is 0 Å². The molecule has 1 N–H and O–H groups in total. The Balaban J connectivity index is 2.80. The zero-order valence-corrected chi connectivity index (χ0v) is 10.0. The molecule has 0 fully saturated rings. The van der Waals surface area contributed by atoms with Crippen LogP contribution in [0, 0.1) is 0 Å². The van der Waals surface area contributed by atoms with Gasteiger partial charge in [-0.25, -0.2) is 0 Å². The molecule has 0 saturated carbocycles. The van der Waals surface area contributed by atoms with Crippen LogP contribution in [0.25, 0.3) is 10.9 Å². The second-order valence-electron chi connectivity index (χ2n) is 4.35. The van der Waals surface area contributed by atoms with Gasteiger partial charge in [-0.2, -0.15) is 26.3 Å². The van der Waals surface area contributed by atoms with Crippen LogP contribution in [0.2, 0.25) is 0 Å². The van der Waals surface area contributed by atoms with Gasteiger partial charge in [0, 0.05) is 12.6 Å². The molecule has 1 aromatic heterocycles. The highest BCUT2D eigenvalue weighted by atomic mass is 19.4. The van der Waals surface area contributed by atoms with Crippen molar-refractivity contribution in [2.45, 2.75) is 18.0 Å². The highest BCUT2D eigenvalue weighted by molar-refractivity contribution is 5.81. The zero-order chi connectivity index (χ0) is 15.3. The molecule has 0 spiro atoms. The quantitative estimate of drug-likeness (QED) is 0.801. The van der Waals surface area contributed by atoms with Crippen LogP contribution in [0.1, 0.15) is 5.69 Å². The number of aromatic nitrogens is 1. The van der Waals surface area contributed by atoms with E-state index < -0.39 is 23.6 Å². The lowest BCUT2D eigenvalue weighted by Crippen LogP contribution is -2.54. The van der Waals surface area contributed by atoms with Crippen LogP contribution < -0.4 is 0 Å². The van der Waals surface area contributed by atoms with Gasteiger partial charge >= 0.3 is 12.4 Å². The van der Waals surface area contributed by atoms with Gasteiger partial charge in [0.05, 0.1) is 5.69 Å². The minimum absolute atomic E-state index is 0.162. The van der Waals surface area contributed by atoms with E-state index in [-0.39, 0.29) is 10.9 Å². The van der Waals surface area contributed by atoms with Crippen molar-refractivity contribution >= 4 is 10.9 Å². The third-order valence-corrected chi connectivity index (χ3v) is 3.14. The maximum atomic E-state index is 12.8. The summed E-state index contributed by atoms with van der Waals surface area (Å²) in [7, 11) is 1.04. The monoisotopic (exact) mass is 297 g/mol. The number of alkyl halides is 6. The topological polar surface area (TPSA) is 25.2 Å². The number of aliphatic hydroxyl groups is 1. The summed E-state index contributed by atoms with van der Waals surface area (Å²) in [5, 5.41) is 9.54. The molecule has 0 aliphatic heterocycles. The van der Waals surface area contributed by atoms with Gasteiger partial charge < -0.3 is 9.67 Å². The minimum Gasteiger partial charge on any atom is -0.368 e. The van der Waals surface area contributed by atoms with Gasteiger partial charge in [0.1, 0.15) is 0 Å². The Morgan fingerprint density at radius 3 is 1.90 bits per heavy atom. The molecule has 0 radical (unpaired) electrons. The van der Waals surface area contributed by atoms with Crippen molar-refractivity contribution in [3.05, 3.63) is 36.0 Å². The number of hydrogen-bond acceptors (Lipinski definition) is 1. The lowest BCUT2D eigenvalue weighted by atomic mass is 9.98.